The van der Waals surface area contributed by atoms with Gasteiger partial charge in [0.1, 0.15) is 0 Å². The van der Waals surface area contributed by atoms with Gasteiger partial charge in [-0.25, -0.2) is 0 Å². The molecular weight excluding hydrogens is 272 g/mol. The largest absolute Gasteiger partial charge is 0.383 e. The zero-order valence-electron chi connectivity index (χ0n) is 13.1. The summed E-state index contributed by atoms with van der Waals surface area (Å²) in [5, 5.41) is 4.21. The minimum absolute atomic E-state index is 0.484. The fourth-order valence-electron chi connectivity index (χ4n) is 2.33. The Morgan fingerprint density at radius 1 is 1.40 bits per heavy atom. The molecule has 1 aromatic carbocycles. The van der Waals surface area contributed by atoms with Crippen molar-refractivity contribution in [3.63, 3.8) is 0 Å². The number of para-hydroxylation sites is 1. The number of ether oxygens (including phenoxy) is 1. The number of benzene rings is 1. The van der Waals surface area contributed by atoms with Gasteiger partial charge in [0, 0.05) is 33.3 Å². The van der Waals surface area contributed by atoms with Crippen molar-refractivity contribution in [2.75, 3.05) is 32.2 Å². The molecular formula is C16H27ClN2O. The quantitative estimate of drug-likeness (QED) is 0.704. The summed E-state index contributed by atoms with van der Waals surface area (Å²) in [5.41, 5.74) is 2.37. The van der Waals surface area contributed by atoms with E-state index in [1.54, 1.807) is 7.11 Å². The Balaban J connectivity index is 2.81. The van der Waals surface area contributed by atoms with Gasteiger partial charge < -0.3 is 15.0 Å². The van der Waals surface area contributed by atoms with E-state index in [0.717, 1.165) is 36.8 Å². The highest BCUT2D eigenvalue weighted by Crippen LogP contribution is 2.31. The van der Waals surface area contributed by atoms with Crippen LogP contribution in [0.2, 0.25) is 5.02 Å². The van der Waals surface area contributed by atoms with Crippen LogP contribution >= 0.6 is 11.6 Å². The lowest BCUT2D eigenvalue weighted by atomic mass is 10.1. The van der Waals surface area contributed by atoms with Crippen molar-refractivity contribution in [3.05, 3.63) is 28.8 Å². The topological polar surface area (TPSA) is 24.5 Å². The van der Waals surface area contributed by atoms with Gasteiger partial charge in [-0.3, -0.25) is 0 Å². The molecule has 0 spiro atoms. The van der Waals surface area contributed by atoms with Gasteiger partial charge in [-0.2, -0.15) is 0 Å². The summed E-state index contributed by atoms with van der Waals surface area (Å²) in [6.07, 6.45) is 2.34. The van der Waals surface area contributed by atoms with Crippen molar-refractivity contribution in [2.45, 2.75) is 39.3 Å². The van der Waals surface area contributed by atoms with Crippen LogP contribution in [-0.2, 0) is 11.3 Å². The molecule has 4 heteroatoms. The van der Waals surface area contributed by atoms with Crippen molar-refractivity contribution in [1.29, 1.82) is 0 Å². The van der Waals surface area contributed by atoms with E-state index < -0.39 is 0 Å². The second-order valence-electron chi connectivity index (χ2n) is 5.17. The highest BCUT2D eigenvalue weighted by atomic mass is 35.5. The zero-order valence-corrected chi connectivity index (χ0v) is 13.8. The molecule has 1 N–H and O–H groups in total. The maximum Gasteiger partial charge on any atom is 0.0642 e. The van der Waals surface area contributed by atoms with Crippen molar-refractivity contribution in [1.82, 2.24) is 5.32 Å². The highest BCUT2D eigenvalue weighted by molar-refractivity contribution is 6.33. The number of nitrogens with one attached hydrogen (secondary N) is 1. The van der Waals surface area contributed by atoms with E-state index in [1.165, 1.54) is 12.0 Å². The number of nitrogens with zero attached hydrogens (tertiary/aromatic N) is 1. The molecule has 3 nitrogen and oxygen atoms in total. The molecule has 0 saturated carbocycles. The number of anilines is 1. The van der Waals surface area contributed by atoms with E-state index in [2.05, 4.69) is 37.2 Å². The fourth-order valence-corrected chi connectivity index (χ4v) is 2.65. The second kappa shape index (κ2) is 9.22. The molecule has 0 heterocycles. The molecule has 0 amide bonds. The number of rotatable bonds is 9. The molecule has 0 radical (unpaired) electrons. The van der Waals surface area contributed by atoms with Crippen LogP contribution in [0.15, 0.2) is 18.2 Å². The van der Waals surface area contributed by atoms with Crippen LogP contribution in [0.3, 0.4) is 0 Å². The van der Waals surface area contributed by atoms with E-state index in [1.807, 2.05) is 12.1 Å². The van der Waals surface area contributed by atoms with E-state index in [4.69, 9.17) is 16.3 Å². The molecule has 0 aromatic heterocycles. The number of methoxy groups -OCH3 is 1. The van der Waals surface area contributed by atoms with Crippen LogP contribution in [-0.4, -0.2) is 33.4 Å². The molecule has 0 aliphatic carbocycles. The first-order valence-electron chi connectivity index (χ1n) is 7.31. The van der Waals surface area contributed by atoms with Gasteiger partial charge in [-0.05, 0) is 25.0 Å². The van der Waals surface area contributed by atoms with Gasteiger partial charge in [-0.15, -0.1) is 0 Å². The van der Waals surface area contributed by atoms with Crippen molar-refractivity contribution >= 4 is 17.3 Å². The lowest BCUT2D eigenvalue weighted by Gasteiger charge is -2.30. The third-order valence-corrected chi connectivity index (χ3v) is 3.89. The number of hydrogen-bond acceptors (Lipinski definition) is 3. The normalized spacial score (nSPS) is 12.4. The van der Waals surface area contributed by atoms with E-state index in [-0.39, 0.29) is 0 Å². The average molecular weight is 299 g/mol. The minimum atomic E-state index is 0.484. The molecule has 0 fully saturated rings. The first-order valence-corrected chi connectivity index (χ1v) is 7.69. The van der Waals surface area contributed by atoms with E-state index in [9.17, 15) is 0 Å². The first kappa shape index (κ1) is 17.3. The smallest absolute Gasteiger partial charge is 0.0642 e. The minimum Gasteiger partial charge on any atom is -0.383 e. The monoisotopic (exact) mass is 298 g/mol. The van der Waals surface area contributed by atoms with Gasteiger partial charge >= 0.3 is 0 Å². The third kappa shape index (κ3) is 4.97. The predicted octanol–water partition coefficient (Wildman–Crippen LogP) is 3.70. The molecule has 0 saturated heterocycles. The molecule has 114 valence electrons. The maximum absolute atomic E-state index is 6.41. The average Bonchev–Trinajstić information content (AvgIpc) is 2.43. The van der Waals surface area contributed by atoms with Crippen molar-refractivity contribution < 1.29 is 4.74 Å². The van der Waals surface area contributed by atoms with Gasteiger partial charge in [-0.1, -0.05) is 37.1 Å². The predicted molar refractivity (Wildman–Crippen MR) is 87.8 cm³/mol. The summed E-state index contributed by atoms with van der Waals surface area (Å²) in [7, 11) is 3.84. The summed E-state index contributed by atoms with van der Waals surface area (Å²) in [6, 6.07) is 6.59. The molecule has 1 atom stereocenters. The van der Waals surface area contributed by atoms with Crippen LogP contribution in [0.4, 0.5) is 5.69 Å². The lowest BCUT2D eigenvalue weighted by molar-refractivity contribution is 0.199. The number of halogens is 1. The van der Waals surface area contributed by atoms with Gasteiger partial charge in [0.2, 0.25) is 0 Å². The molecule has 1 rings (SSSR count). The summed E-state index contributed by atoms with van der Waals surface area (Å²) in [6.45, 7) is 6.83. The second-order valence-corrected chi connectivity index (χ2v) is 5.57. The Morgan fingerprint density at radius 3 is 2.80 bits per heavy atom. The van der Waals surface area contributed by atoms with E-state index in [0.29, 0.717) is 6.04 Å². The van der Waals surface area contributed by atoms with Gasteiger partial charge in [0.05, 0.1) is 17.3 Å². The Bertz CT molecular complexity index is 398. The van der Waals surface area contributed by atoms with Gasteiger partial charge in [0.15, 0.2) is 0 Å². The van der Waals surface area contributed by atoms with Crippen LogP contribution in [0, 0.1) is 0 Å². The number of hydrogen-bond donors (Lipinski definition) is 1. The van der Waals surface area contributed by atoms with Crippen LogP contribution in [0.25, 0.3) is 0 Å². The maximum atomic E-state index is 6.41. The standard InChI is InChI=1S/C16H27ClN2O/c1-5-7-13(2)19(3)16-14(8-6-9-15(16)17)12-18-10-11-20-4/h6,8-9,13,18H,5,7,10-12H2,1-4H3. The molecule has 1 aromatic rings. The lowest BCUT2D eigenvalue weighted by Crippen LogP contribution is -2.30. The highest BCUT2D eigenvalue weighted by Gasteiger charge is 2.15. The Hall–Kier alpha value is -0.770. The Morgan fingerprint density at radius 2 is 2.15 bits per heavy atom. The first-order chi connectivity index (χ1) is 9.61. The third-order valence-electron chi connectivity index (χ3n) is 3.59. The fraction of sp³-hybridized carbons (Fsp3) is 0.625. The SMILES string of the molecule is CCCC(C)N(C)c1c(Cl)cccc1CNCCOC. The molecule has 0 aliphatic heterocycles. The molecule has 20 heavy (non-hydrogen) atoms. The van der Waals surface area contributed by atoms with Crippen LogP contribution in [0.1, 0.15) is 32.3 Å². The molecule has 1 unspecified atom stereocenters. The Kier molecular flexibility index (Phi) is 7.97. The molecule has 0 bridgehead atoms. The summed E-state index contributed by atoms with van der Waals surface area (Å²) < 4.78 is 5.05. The van der Waals surface area contributed by atoms with E-state index >= 15 is 0 Å². The summed E-state index contributed by atoms with van der Waals surface area (Å²) in [4.78, 5) is 2.29. The summed E-state index contributed by atoms with van der Waals surface area (Å²) in [5.74, 6) is 0. The Labute approximate surface area is 128 Å². The molecule has 0 aliphatic rings. The summed E-state index contributed by atoms with van der Waals surface area (Å²) >= 11 is 6.41. The van der Waals surface area contributed by atoms with Crippen LogP contribution < -0.4 is 10.2 Å². The van der Waals surface area contributed by atoms with Gasteiger partial charge in [0.25, 0.3) is 0 Å². The van der Waals surface area contributed by atoms with Crippen molar-refractivity contribution in [2.24, 2.45) is 0 Å². The zero-order chi connectivity index (χ0) is 15.0. The van der Waals surface area contributed by atoms with Crippen molar-refractivity contribution in [3.8, 4) is 0 Å². The van der Waals surface area contributed by atoms with Crippen LogP contribution in [0.5, 0.6) is 0 Å².